The second-order valence-electron chi connectivity index (χ2n) is 3.21. The molecule has 0 aromatic rings. The van der Waals surface area contributed by atoms with Crippen LogP contribution in [0.15, 0.2) is 23.5 Å². The van der Waals surface area contributed by atoms with Crippen LogP contribution in [0.4, 0.5) is 0 Å². The zero-order chi connectivity index (χ0) is 11.6. The Morgan fingerprint density at radius 1 is 1.21 bits per heavy atom. The van der Waals surface area contributed by atoms with Crippen LogP contribution in [0.5, 0.6) is 0 Å². The van der Waals surface area contributed by atoms with Crippen LogP contribution in [0.25, 0.3) is 0 Å². The van der Waals surface area contributed by atoms with Crippen molar-refractivity contribution >= 4 is 0 Å². The summed E-state index contributed by atoms with van der Waals surface area (Å²) >= 11 is 0. The summed E-state index contributed by atoms with van der Waals surface area (Å²) in [5.74, 6) is 1.01. The highest BCUT2D eigenvalue weighted by molar-refractivity contribution is 5.15. The molecule has 0 aliphatic rings. The molecule has 0 spiro atoms. The Kier molecular flexibility index (Phi) is 11.6. The molecule has 0 aromatic heterocycles. The zero-order valence-corrected chi connectivity index (χ0v) is 10.6. The van der Waals surface area contributed by atoms with Crippen LogP contribution in [0, 0.1) is 5.92 Å². The summed E-state index contributed by atoms with van der Waals surface area (Å²) in [5.41, 5.74) is 1.41. The van der Waals surface area contributed by atoms with E-state index in [9.17, 15) is 0 Å². The number of allylic oxidation sites excluding steroid dienone is 4. The minimum atomic E-state index is 0.379. The quantitative estimate of drug-likeness (QED) is 0.505. The molecule has 0 saturated carbocycles. The summed E-state index contributed by atoms with van der Waals surface area (Å²) in [6.07, 6.45) is 6.03. The number of rotatable bonds is 4. The van der Waals surface area contributed by atoms with Crippen molar-refractivity contribution in [3.63, 3.8) is 0 Å². The van der Waals surface area contributed by atoms with E-state index in [4.69, 9.17) is 5.11 Å². The molecule has 1 heteroatoms. The first kappa shape index (κ1) is 15.7. The molecule has 0 amide bonds. The SMILES string of the molecule is CC.CC/C(=C\C=C(/C)O)C(C)CC. The maximum absolute atomic E-state index is 8.97. The Hall–Kier alpha value is -0.720. The van der Waals surface area contributed by atoms with Crippen LogP contribution in [0.1, 0.15) is 54.4 Å². The van der Waals surface area contributed by atoms with Crippen LogP contribution in [0.2, 0.25) is 0 Å². The van der Waals surface area contributed by atoms with Crippen LogP contribution in [-0.2, 0) is 0 Å². The molecule has 0 heterocycles. The van der Waals surface area contributed by atoms with Gasteiger partial charge in [0.1, 0.15) is 0 Å². The van der Waals surface area contributed by atoms with Gasteiger partial charge in [-0.15, -0.1) is 0 Å². The summed E-state index contributed by atoms with van der Waals surface area (Å²) in [5, 5.41) is 8.97. The van der Waals surface area contributed by atoms with E-state index in [2.05, 4.69) is 20.8 Å². The average molecular weight is 198 g/mol. The standard InChI is InChI=1S/C11H20O.C2H6/c1-5-9(3)11(6-2)8-7-10(4)12;1-2/h7-9,12H,5-6H2,1-4H3;1-2H3/b10-7+,11-8+;. The topological polar surface area (TPSA) is 20.2 Å². The van der Waals surface area contributed by atoms with Gasteiger partial charge in [0.05, 0.1) is 5.76 Å². The molecule has 84 valence electrons. The van der Waals surface area contributed by atoms with Gasteiger partial charge in [0.25, 0.3) is 0 Å². The predicted molar refractivity (Wildman–Crippen MR) is 65.6 cm³/mol. The lowest BCUT2D eigenvalue weighted by Crippen LogP contribution is -1.95. The first-order valence-electron chi connectivity index (χ1n) is 5.68. The maximum atomic E-state index is 8.97. The van der Waals surface area contributed by atoms with Crippen molar-refractivity contribution in [2.75, 3.05) is 0 Å². The fraction of sp³-hybridized carbons (Fsp3) is 0.692. The number of aliphatic hydroxyl groups excluding tert-OH is 1. The Labute approximate surface area is 89.5 Å². The summed E-state index contributed by atoms with van der Waals surface area (Å²) in [7, 11) is 0. The highest BCUT2D eigenvalue weighted by Crippen LogP contribution is 2.17. The number of aliphatic hydroxyl groups is 1. The summed E-state index contributed by atoms with van der Waals surface area (Å²) in [4.78, 5) is 0. The zero-order valence-electron chi connectivity index (χ0n) is 10.6. The summed E-state index contributed by atoms with van der Waals surface area (Å²) in [6, 6.07) is 0. The maximum Gasteiger partial charge on any atom is 0.0891 e. The lowest BCUT2D eigenvalue weighted by Gasteiger charge is -2.10. The molecule has 0 aromatic carbocycles. The smallest absolute Gasteiger partial charge is 0.0891 e. The van der Waals surface area contributed by atoms with Gasteiger partial charge in [-0.2, -0.15) is 0 Å². The molecule has 1 N–H and O–H groups in total. The van der Waals surface area contributed by atoms with E-state index in [0.717, 1.165) is 12.8 Å². The van der Waals surface area contributed by atoms with Crippen molar-refractivity contribution in [1.29, 1.82) is 0 Å². The third-order valence-corrected chi connectivity index (χ3v) is 2.19. The van der Waals surface area contributed by atoms with Crippen LogP contribution >= 0.6 is 0 Å². The van der Waals surface area contributed by atoms with Gasteiger partial charge in [0.2, 0.25) is 0 Å². The van der Waals surface area contributed by atoms with Gasteiger partial charge in [-0.05, 0) is 31.8 Å². The molecule has 0 bridgehead atoms. The molecule has 1 atom stereocenters. The Morgan fingerprint density at radius 3 is 2.00 bits per heavy atom. The molecule has 1 nitrogen and oxygen atoms in total. The Balaban J connectivity index is 0. The van der Waals surface area contributed by atoms with E-state index >= 15 is 0 Å². The normalized spacial score (nSPS) is 14.4. The molecule has 0 saturated heterocycles. The third kappa shape index (κ3) is 7.90. The third-order valence-electron chi connectivity index (χ3n) is 2.19. The average Bonchev–Trinajstić information content (AvgIpc) is 2.21. The highest BCUT2D eigenvalue weighted by Gasteiger charge is 2.02. The van der Waals surface area contributed by atoms with E-state index in [1.807, 2.05) is 19.9 Å². The Morgan fingerprint density at radius 2 is 1.71 bits per heavy atom. The second kappa shape index (κ2) is 10.4. The second-order valence-corrected chi connectivity index (χ2v) is 3.21. The van der Waals surface area contributed by atoms with Gasteiger partial charge in [-0.1, -0.05) is 46.3 Å². The molecule has 0 rings (SSSR count). The molecule has 0 aliphatic heterocycles. The van der Waals surface area contributed by atoms with Gasteiger partial charge in [0.15, 0.2) is 0 Å². The lowest BCUT2D eigenvalue weighted by atomic mass is 9.96. The molecule has 0 radical (unpaired) electrons. The molecule has 1 unspecified atom stereocenters. The van der Waals surface area contributed by atoms with Crippen LogP contribution < -0.4 is 0 Å². The van der Waals surface area contributed by atoms with Gasteiger partial charge in [0, 0.05) is 0 Å². The number of hydrogen-bond donors (Lipinski definition) is 1. The monoisotopic (exact) mass is 198 g/mol. The first-order chi connectivity index (χ1) is 6.61. The van der Waals surface area contributed by atoms with Gasteiger partial charge in [-0.3, -0.25) is 0 Å². The van der Waals surface area contributed by atoms with Gasteiger partial charge >= 0.3 is 0 Å². The minimum absolute atomic E-state index is 0.379. The molecular formula is C13H26O. The van der Waals surface area contributed by atoms with Crippen molar-refractivity contribution < 1.29 is 5.11 Å². The summed E-state index contributed by atoms with van der Waals surface area (Å²) in [6.45, 7) is 12.2. The fourth-order valence-electron chi connectivity index (χ4n) is 1.12. The van der Waals surface area contributed by atoms with E-state index in [0.29, 0.717) is 11.7 Å². The van der Waals surface area contributed by atoms with Crippen molar-refractivity contribution in [2.24, 2.45) is 5.92 Å². The van der Waals surface area contributed by atoms with Crippen molar-refractivity contribution in [2.45, 2.75) is 54.4 Å². The molecule has 0 aliphatic carbocycles. The fourth-order valence-corrected chi connectivity index (χ4v) is 1.12. The van der Waals surface area contributed by atoms with Crippen LogP contribution in [0.3, 0.4) is 0 Å². The minimum Gasteiger partial charge on any atom is -0.513 e. The summed E-state index contributed by atoms with van der Waals surface area (Å²) < 4.78 is 0. The van der Waals surface area contributed by atoms with Crippen molar-refractivity contribution in [3.8, 4) is 0 Å². The highest BCUT2D eigenvalue weighted by atomic mass is 16.3. The largest absolute Gasteiger partial charge is 0.513 e. The lowest BCUT2D eigenvalue weighted by molar-refractivity contribution is 0.414. The molecule has 14 heavy (non-hydrogen) atoms. The van der Waals surface area contributed by atoms with E-state index in [1.54, 1.807) is 13.0 Å². The van der Waals surface area contributed by atoms with E-state index in [1.165, 1.54) is 5.57 Å². The Bertz CT molecular complexity index is 174. The first-order valence-corrected chi connectivity index (χ1v) is 5.68. The van der Waals surface area contributed by atoms with Gasteiger partial charge in [-0.25, -0.2) is 0 Å². The van der Waals surface area contributed by atoms with E-state index < -0.39 is 0 Å². The van der Waals surface area contributed by atoms with Crippen molar-refractivity contribution in [1.82, 2.24) is 0 Å². The molecule has 0 fully saturated rings. The molecular weight excluding hydrogens is 172 g/mol. The number of hydrogen-bond acceptors (Lipinski definition) is 1. The van der Waals surface area contributed by atoms with E-state index in [-0.39, 0.29) is 0 Å². The van der Waals surface area contributed by atoms with Gasteiger partial charge < -0.3 is 5.11 Å². The van der Waals surface area contributed by atoms with Crippen molar-refractivity contribution in [3.05, 3.63) is 23.5 Å². The predicted octanol–water partition coefficient (Wildman–Crippen LogP) is 4.86. The van der Waals surface area contributed by atoms with Crippen LogP contribution in [-0.4, -0.2) is 5.11 Å².